The van der Waals surface area contributed by atoms with Crippen molar-refractivity contribution >= 4 is 28.9 Å². The Hall–Kier alpha value is -3.30. The molecule has 1 amide bonds. The van der Waals surface area contributed by atoms with Gasteiger partial charge in [0.25, 0.3) is 5.91 Å². The third-order valence-corrected chi connectivity index (χ3v) is 7.99. The van der Waals surface area contributed by atoms with Gasteiger partial charge in [0.1, 0.15) is 6.33 Å². The van der Waals surface area contributed by atoms with Crippen molar-refractivity contribution in [3.8, 4) is 0 Å². The largest absolute Gasteiger partial charge is 0.465 e. The van der Waals surface area contributed by atoms with Crippen molar-refractivity contribution in [2.75, 3.05) is 31.6 Å². The van der Waals surface area contributed by atoms with Crippen LogP contribution in [0.15, 0.2) is 47.4 Å². The zero-order chi connectivity index (χ0) is 27.1. The van der Waals surface area contributed by atoms with Crippen molar-refractivity contribution < 1.29 is 14.3 Å². The lowest BCUT2D eigenvalue weighted by Crippen LogP contribution is -2.46. The molecule has 0 aliphatic carbocycles. The maximum absolute atomic E-state index is 12.8. The summed E-state index contributed by atoms with van der Waals surface area (Å²) in [5.74, 6) is -0.420. The Morgan fingerprint density at radius 2 is 1.82 bits per heavy atom. The lowest BCUT2D eigenvalue weighted by molar-refractivity contribution is 0.0600. The highest BCUT2D eigenvalue weighted by Gasteiger charge is 2.26. The van der Waals surface area contributed by atoms with Crippen LogP contribution < -0.4 is 10.2 Å². The van der Waals surface area contributed by atoms with Crippen molar-refractivity contribution in [3.63, 3.8) is 0 Å². The number of carbonyl (C=O) groups is 2. The monoisotopic (exact) mass is 535 g/mol. The van der Waals surface area contributed by atoms with Crippen LogP contribution in [0, 0.1) is 13.8 Å². The first kappa shape index (κ1) is 27.7. The molecule has 38 heavy (non-hydrogen) atoms. The number of methoxy groups -OCH3 is 1. The third kappa shape index (κ3) is 6.96. The number of anilines is 1. The molecule has 1 saturated heterocycles. The zero-order valence-corrected chi connectivity index (χ0v) is 23.5. The quantitative estimate of drug-likeness (QED) is 0.379. The number of benzene rings is 1. The molecule has 1 aliphatic rings. The number of nitrogens with one attached hydrogen (secondary N) is 1. The van der Waals surface area contributed by atoms with Crippen molar-refractivity contribution in [1.82, 2.24) is 20.2 Å². The van der Waals surface area contributed by atoms with E-state index in [4.69, 9.17) is 4.74 Å². The molecular weight excluding hydrogens is 498 g/mol. The highest BCUT2D eigenvalue weighted by Crippen LogP contribution is 2.27. The van der Waals surface area contributed by atoms with Gasteiger partial charge in [-0.15, -0.1) is 0 Å². The van der Waals surface area contributed by atoms with Crippen molar-refractivity contribution in [2.45, 2.75) is 58.7 Å². The van der Waals surface area contributed by atoms with E-state index in [0.29, 0.717) is 28.6 Å². The molecule has 1 aromatic carbocycles. The van der Waals surface area contributed by atoms with E-state index >= 15 is 0 Å². The average molecular weight is 536 g/mol. The van der Waals surface area contributed by atoms with Crippen LogP contribution >= 0.6 is 11.3 Å². The predicted molar refractivity (Wildman–Crippen MR) is 151 cm³/mol. The van der Waals surface area contributed by atoms with E-state index in [1.807, 2.05) is 38.1 Å². The van der Waals surface area contributed by atoms with Gasteiger partial charge in [0, 0.05) is 44.0 Å². The number of carbonyl (C=O) groups excluding carboxylic acids is 2. The van der Waals surface area contributed by atoms with E-state index < -0.39 is 0 Å². The topological polar surface area (TPSA) is 87.7 Å². The zero-order valence-electron chi connectivity index (χ0n) is 22.6. The number of ether oxygens (including phenoxy) is 1. The fourth-order valence-corrected chi connectivity index (χ4v) is 5.70. The van der Waals surface area contributed by atoms with Gasteiger partial charge < -0.3 is 19.9 Å². The van der Waals surface area contributed by atoms with Crippen LogP contribution in [-0.2, 0) is 11.3 Å². The van der Waals surface area contributed by atoms with Crippen LogP contribution in [-0.4, -0.2) is 65.6 Å². The van der Waals surface area contributed by atoms with Gasteiger partial charge in [-0.25, -0.2) is 14.8 Å². The molecular formula is C29H37N5O3S. The first-order valence-corrected chi connectivity index (χ1v) is 14.1. The van der Waals surface area contributed by atoms with E-state index in [9.17, 15) is 9.59 Å². The molecule has 1 fully saturated rings. The Kier molecular flexibility index (Phi) is 9.47. The van der Waals surface area contributed by atoms with Crippen LogP contribution in [0.3, 0.4) is 0 Å². The molecule has 1 atom stereocenters. The number of hydrogen-bond acceptors (Lipinski definition) is 8. The van der Waals surface area contributed by atoms with Crippen LogP contribution in [0.5, 0.6) is 0 Å². The van der Waals surface area contributed by atoms with Crippen molar-refractivity contribution in [3.05, 3.63) is 75.5 Å². The molecule has 0 saturated carbocycles. The summed E-state index contributed by atoms with van der Waals surface area (Å²) < 4.78 is 4.86. The van der Waals surface area contributed by atoms with Crippen molar-refractivity contribution in [2.24, 2.45) is 0 Å². The van der Waals surface area contributed by atoms with Crippen LogP contribution in [0.4, 0.5) is 5.69 Å². The van der Waals surface area contributed by atoms with Crippen molar-refractivity contribution in [1.29, 1.82) is 0 Å². The lowest BCUT2D eigenvalue weighted by Gasteiger charge is -2.40. The van der Waals surface area contributed by atoms with E-state index in [0.717, 1.165) is 51.1 Å². The number of esters is 1. The highest BCUT2D eigenvalue weighted by molar-refractivity contribution is 7.07. The average Bonchev–Trinajstić information content (AvgIpc) is 3.44. The second-order valence-corrected chi connectivity index (χ2v) is 10.7. The third-order valence-electron chi connectivity index (χ3n) is 7.26. The number of thiophene rings is 1. The lowest BCUT2D eigenvalue weighted by atomic mass is 10.0. The van der Waals surface area contributed by atoms with E-state index in [1.165, 1.54) is 19.0 Å². The normalized spacial score (nSPS) is 15.2. The van der Waals surface area contributed by atoms with Gasteiger partial charge in [0.05, 0.1) is 29.6 Å². The minimum atomic E-state index is -0.318. The summed E-state index contributed by atoms with van der Waals surface area (Å²) in [4.78, 5) is 38.0. The SMILES string of the molecule is COC(=O)c1ccc(N(Cc2ccsc2)C2CCN(CC[C@@H](C)NC(=O)c3c(C)ncnc3C)CC2)cc1. The maximum atomic E-state index is 12.8. The van der Waals surface area contributed by atoms with Gasteiger partial charge >= 0.3 is 5.97 Å². The molecule has 1 N–H and O–H groups in total. The van der Waals surface area contributed by atoms with E-state index in [2.05, 4.69) is 48.8 Å². The molecule has 1 aliphatic heterocycles. The second-order valence-electron chi connectivity index (χ2n) is 9.95. The number of likely N-dealkylation sites (tertiary alicyclic amines) is 1. The van der Waals surface area contributed by atoms with Gasteiger partial charge in [-0.3, -0.25) is 4.79 Å². The number of hydrogen-bond donors (Lipinski definition) is 1. The van der Waals surface area contributed by atoms with Gasteiger partial charge in [0.2, 0.25) is 0 Å². The number of amides is 1. The number of nitrogens with zero attached hydrogens (tertiary/aromatic N) is 4. The molecule has 0 bridgehead atoms. The fraction of sp³-hybridized carbons (Fsp3) is 0.448. The fourth-order valence-electron chi connectivity index (χ4n) is 5.04. The second kappa shape index (κ2) is 13.0. The van der Waals surface area contributed by atoms with Crippen LogP contribution in [0.2, 0.25) is 0 Å². The summed E-state index contributed by atoms with van der Waals surface area (Å²) in [6.45, 7) is 9.54. The standard InChI is InChI=1S/C29H37N5O3S/c1-20(32-28(35)27-21(2)30-19-31-22(27)3)9-13-33-14-10-26(11-15-33)34(17-23-12-16-38-18-23)25-7-5-24(6-8-25)29(36)37-4/h5-8,12,16,18-20,26H,9-11,13-15,17H2,1-4H3,(H,32,35)/t20-/m1/s1. The Morgan fingerprint density at radius 1 is 1.13 bits per heavy atom. The van der Waals surface area contributed by atoms with E-state index in [1.54, 1.807) is 11.3 Å². The summed E-state index contributed by atoms with van der Waals surface area (Å²) >= 11 is 1.71. The van der Waals surface area contributed by atoms with E-state index in [-0.39, 0.29) is 17.9 Å². The van der Waals surface area contributed by atoms with Gasteiger partial charge in [-0.2, -0.15) is 11.3 Å². The molecule has 202 valence electrons. The molecule has 0 radical (unpaired) electrons. The van der Waals surface area contributed by atoms with Gasteiger partial charge in [0.15, 0.2) is 0 Å². The minimum absolute atomic E-state index is 0.0580. The Labute approximate surface area is 229 Å². The first-order valence-electron chi connectivity index (χ1n) is 13.1. The van der Waals surface area contributed by atoms with Gasteiger partial charge in [-0.05, 0) is 86.7 Å². The molecule has 8 nitrogen and oxygen atoms in total. The maximum Gasteiger partial charge on any atom is 0.337 e. The summed E-state index contributed by atoms with van der Waals surface area (Å²) in [6.07, 6.45) is 4.50. The smallest absolute Gasteiger partial charge is 0.337 e. The van der Waals surface area contributed by atoms with Gasteiger partial charge in [-0.1, -0.05) is 0 Å². The summed E-state index contributed by atoms with van der Waals surface area (Å²) in [7, 11) is 1.40. The Bertz CT molecular complexity index is 1190. The Morgan fingerprint density at radius 3 is 2.42 bits per heavy atom. The highest BCUT2D eigenvalue weighted by atomic mass is 32.1. The van der Waals surface area contributed by atoms with Crippen LogP contribution in [0.25, 0.3) is 0 Å². The summed E-state index contributed by atoms with van der Waals surface area (Å²) in [6, 6.07) is 10.4. The minimum Gasteiger partial charge on any atom is -0.465 e. The number of aryl methyl sites for hydroxylation is 2. The summed E-state index contributed by atoms with van der Waals surface area (Å²) in [5, 5.41) is 7.44. The molecule has 2 aromatic heterocycles. The van der Waals surface area contributed by atoms with Crippen LogP contribution in [0.1, 0.15) is 63.9 Å². The molecule has 0 spiro atoms. The molecule has 3 aromatic rings. The number of rotatable bonds is 10. The first-order chi connectivity index (χ1) is 18.4. The number of piperidine rings is 1. The molecule has 3 heterocycles. The molecule has 9 heteroatoms. The Balaban J connectivity index is 1.32. The molecule has 4 rings (SSSR count). The molecule has 0 unspecified atom stereocenters. The summed E-state index contributed by atoms with van der Waals surface area (Å²) in [5.41, 5.74) is 4.97. The predicted octanol–water partition coefficient (Wildman–Crippen LogP) is 4.62. The number of aromatic nitrogens is 2.